The third-order valence-corrected chi connectivity index (χ3v) is 2.23. The van der Waals surface area contributed by atoms with Gasteiger partial charge >= 0.3 is 0 Å². The van der Waals surface area contributed by atoms with Crippen molar-refractivity contribution < 1.29 is 14.3 Å². The van der Waals surface area contributed by atoms with Gasteiger partial charge in [0.15, 0.2) is 5.76 Å². The van der Waals surface area contributed by atoms with Crippen LogP contribution in [-0.4, -0.2) is 23.7 Å². The van der Waals surface area contributed by atoms with E-state index in [1.54, 1.807) is 19.9 Å². The number of aliphatic hydroxyl groups excluding tert-OH is 1. The summed E-state index contributed by atoms with van der Waals surface area (Å²) < 4.78 is 5.22. The number of carbonyl (C=O) groups is 1. The first-order valence-corrected chi connectivity index (χ1v) is 5.19. The Hall–Kier alpha value is -1.00. The predicted octanol–water partition coefficient (Wildman–Crippen LogP) is 1.44. The highest BCUT2D eigenvalue weighted by atomic mass is 35.5. The van der Waals surface area contributed by atoms with Crippen LogP contribution in [0.4, 0.5) is 0 Å². The zero-order chi connectivity index (χ0) is 11.4. The van der Waals surface area contributed by atoms with Crippen molar-refractivity contribution in [2.75, 3.05) is 6.54 Å². The number of alkyl halides is 1. The summed E-state index contributed by atoms with van der Waals surface area (Å²) in [4.78, 5) is 11.5. The predicted molar refractivity (Wildman–Crippen MR) is 57.0 cm³/mol. The fraction of sp³-hybridized carbons (Fsp3) is 0.500. The molecule has 0 spiro atoms. The molecule has 0 bridgehead atoms. The average Bonchev–Trinajstić information content (AvgIpc) is 2.56. The molecule has 1 rings (SSSR count). The molecule has 15 heavy (non-hydrogen) atoms. The minimum Gasteiger partial charge on any atom is -0.456 e. The lowest BCUT2D eigenvalue weighted by Crippen LogP contribution is -2.30. The van der Waals surface area contributed by atoms with Gasteiger partial charge in [0.1, 0.15) is 5.76 Å². The van der Waals surface area contributed by atoms with Gasteiger partial charge < -0.3 is 14.8 Å². The van der Waals surface area contributed by atoms with Gasteiger partial charge in [-0.25, -0.2) is 0 Å². The quantitative estimate of drug-likeness (QED) is 0.771. The van der Waals surface area contributed by atoms with Gasteiger partial charge in [0.2, 0.25) is 0 Å². The van der Waals surface area contributed by atoms with E-state index in [9.17, 15) is 4.79 Å². The zero-order valence-corrected chi connectivity index (χ0v) is 9.47. The van der Waals surface area contributed by atoms with Crippen molar-refractivity contribution in [1.29, 1.82) is 0 Å². The van der Waals surface area contributed by atoms with Crippen molar-refractivity contribution in [3.63, 3.8) is 0 Å². The van der Waals surface area contributed by atoms with Crippen LogP contribution in [0.2, 0.25) is 0 Å². The smallest absolute Gasteiger partial charge is 0.287 e. The third kappa shape index (κ3) is 3.25. The van der Waals surface area contributed by atoms with E-state index >= 15 is 0 Å². The molecule has 84 valence electrons. The monoisotopic (exact) mass is 231 g/mol. The number of carbonyl (C=O) groups excluding carboxylic acids is 1. The summed E-state index contributed by atoms with van der Waals surface area (Å²) >= 11 is 5.65. The van der Waals surface area contributed by atoms with Crippen molar-refractivity contribution in [3.8, 4) is 0 Å². The number of aryl methyl sites for hydroxylation is 1. The van der Waals surface area contributed by atoms with Crippen LogP contribution in [0.25, 0.3) is 0 Å². The first-order valence-electron chi connectivity index (χ1n) is 4.66. The molecule has 0 fully saturated rings. The summed E-state index contributed by atoms with van der Waals surface area (Å²) in [6.07, 6.45) is -0.572. The fourth-order valence-corrected chi connectivity index (χ4v) is 1.36. The normalized spacial score (nSPS) is 12.5. The van der Waals surface area contributed by atoms with Gasteiger partial charge in [-0.2, -0.15) is 0 Å². The van der Waals surface area contributed by atoms with E-state index in [0.29, 0.717) is 11.6 Å². The number of halogens is 1. The van der Waals surface area contributed by atoms with Crippen LogP contribution in [0.5, 0.6) is 0 Å². The average molecular weight is 232 g/mol. The standard InChI is InChI=1S/C10H14ClNO3/c1-6(13)5-12-10(14)9-3-8(4-11)7(2)15-9/h3,6,13H,4-5H2,1-2H3,(H,12,14). The molecule has 0 aliphatic carbocycles. The molecule has 1 aromatic rings. The van der Waals surface area contributed by atoms with E-state index in [1.165, 1.54) is 0 Å². The third-order valence-electron chi connectivity index (χ3n) is 1.95. The van der Waals surface area contributed by atoms with Gasteiger partial charge in [-0.3, -0.25) is 4.79 Å². The number of furan rings is 1. The van der Waals surface area contributed by atoms with E-state index in [0.717, 1.165) is 5.56 Å². The largest absolute Gasteiger partial charge is 0.456 e. The lowest BCUT2D eigenvalue weighted by atomic mass is 10.3. The topological polar surface area (TPSA) is 62.5 Å². The Morgan fingerprint density at radius 2 is 2.40 bits per heavy atom. The van der Waals surface area contributed by atoms with Crippen LogP contribution in [0, 0.1) is 6.92 Å². The SMILES string of the molecule is Cc1oc(C(=O)NCC(C)O)cc1CCl. The Morgan fingerprint density at radius 1 is 1.73 bits per heavy atom. The van der Waals surface area contributed by atoms with E-state index < -0.39 is 6.10 Å². The fourth-order valence-electron chi connectivity index (χ4n) is 1.09. The molecule has 5 heteroatoms. The second-order valence-corrected chi connectivity index (χ2v) is 3.65. The number of aliphatic hydroxyl groups is 1. The molecule has 1 atom stereocenters. The second-order valence-electron chi connectivity index (χ2n) is 3.38. The summed E-state index contributed by atoms with van der Waals surface area (Å²) in [7, 11) is 0. The van der Waals surface area contributed by atoms with Crippen molar-refractivity contribution in [1.82, 2.24) is 5.32 Å². The summed E-state index contributed by atoms with van der Waals surface area (Å²) in [6.45, 7) is 3.55. The highest BCUT2D eigenvalue weighted by molar-refractivity contribution is 6.17. The molecule has 1 unspecified atom stereocenters. The Morgan fingerprint density at radius 3 is 2.87 bits per heavy atom. The molecule has 2 N–H and O–H groups in total. The summed E-state index contributed by atoms with van der Waals surface area (Å²) in [5.41, 5.74) is 0.805. The molecular weight excluding hydrogens is 218 g/mol. The minimum atomic E-state index is -0.572. The van der Waals surface area contributed by atoms with E-state index in [4.69, 9.17) is 21.1 Å². The zero-order valence-electron chi connectivity index (χ0n) is 8.71. The molecule has 0 aromatic carbocycles. The Kier molecular flexibility index (Phi) is 4.17. The molecule has 0 saturated heterocycles. The van der Waals surface area contributed by atoms with E-state index in [1.807, 2.05) is 0 Å². The molecule has 0 aliphatic rings. The minimum absolute atomic E-state index is 0.203. The molecule has 4 nitrogen and oxygen atoms in total. The molecule has 0 radical (unpaired) electrons. The van der Waals surface area contributed by atoms with E-state index in [-0.39, 0.29) is 18.2 Å². The van der Waals surface area contributed by atoms with Gasteiger partial charge in [-0.05, 0) is 19.9 Å². The molecule has 0 aliphatic heterocycles. The maximum atomic E-state index is 11.5. The number of rotatable bonds is 4. The Balaban J connectivity index is 2.66. The highest BCUT2D eigenvalue weighted by Gasteiger charge is 2.13. The summed E-state index contributed by atoms with van der Waals surface area (Å²) in [6, 6.07) is 1.61. The Labute approximate surface area is 93.2 Å². The first kappa shape index (κ1) is 12.1. The first-order chi connectivity index (χ1) is 7.04. The molecule has 1 amide bonds. The van der Waals surface area contributed by atoms with Gasteiger partial charge in [0.25, 0.3) is 5.91 Å². The number of amides is 1. The molecule has 0 saturated carbocycles. The van der Waals surface area contributed by atoms with Crippen LogP contribution in [0.15, 0.2) is 10.5 Å². The molecular formula is C10H14ClNO3. The number of hydrogen-bond donors (Lipinski definition) is 2. The second kappa shape index (κ2) is 5.19. The van der Waals surface area contributed by atoms with Crippen LogP contribution in [-0.2, 0) is 5.88 Å². The lowest BCUT2D eigenvalue weighted by Gasteiger charge is -2.04. The van der Waals surface area contributed by atoms with Crippen LogP contribution >= 0.6 is 11.6 Å². The maximum Gasteiger partial charge on any atom is 0.287 e. The van der Waals surface area contributed by atoms with Crippen LogP contribution < -0.4 is 5.32 Å². The van der Waals surface area contributed by atoms with Gasteiger partial charge in [-0.15, -0.1) is 11.6 Å². The number of nitrogens with one attached hydrogen (secondary N) is 1. The van der Waals surface area contributed by atoms with Gasteiger partial charge in [-0.1, -0.05) is 0 Å². The van der Waals surface area contributed by atoms with Crippen molar-refractivity contribution in [2.45, 2.75) is 25.8 Å². The maximum absolute atomic E-state index is 11.5. The van der Waals surface area contributed by atoms with Crippen LogP contribution in [0.1, 0.15) is 28.8 Å². The van der Waals surface area contributed by atoms with E-state index in [2.05, 4.69) is 5.32 Å². The van der Waals surface area contributed by atoms with Crippen LogP contribution in [0.3, 0.4) is 0 Å². The Bertz CT molecular complexity index is 346. The van der Waals surface area contributed by atoms with Crippen molar-refractivity contribution in [3.05, 3.63) is 23.2 Å². The van der Waals surface area contributed by atoms with Gasteiger partial charge in [0, 0.05) is 12.1 Å². The molecule has 1 heterocycles. The molecule has 1 aromatic heterocycles. The highest BCUT2D eigenvalue weighted by Crippen LogP contribution is 2.16. The van der Waals surface area contributed by atoms with Crippen molar-refractivity contribution >= 4 is 17.5 Å². The van der Waals surface area contributed by atoms with Gasteiger partial charge in [0.05, 0.1) is 12.0 Å². The lowest BCUT2D eigenvalue weighted by molar-refractivity contribution is 0.0895. The summed E-state index contributed by atoms with van der Waals surface area (Å²) in [5.74, 6) is 0.852. The number of hydrogen-bond acceptors (Lipinski definition) is 3. The van der Waals surface area contributed by atoms with Crippen molar-refractivity contribution in [2.24, 2.45) is 0 Å². The summed E-state index contributed by atoms with van der Waals surface area (Å²) in [5, 5.41) is 11.5.